The lowest BCUT2D eigenvalue weighted by Gasteiger charge is -2.35. The molecule has 27 heavy (non-hydrogen) atoms. The van der Waals surface area contributed by atoms with Crippen molar-refractivity contribution in [2.45, 2.75) is 39.2 Å². The van der Waals surface area contributed by atoms with Crippen LogP contribution in [0.1, 0.15) is 33.1 Å². The lowest BCUT2D eigenvalue weighted by atomic mass is 9.97. The quantitative estimate of drug-likeness (QED) is 0.386. The molecule has 1 saturated heterocycles. The smallest absolute Gasteiger partial charge is 0.195 e. The minimum atomic E-state index is 0. The molecular weight excluding hydrogens is 455 g/mol. The number of nitrogens with zero attached hydrogens (tertiary/aromatic N) is 2. The highest BCUT2D eigenvalue weighted by atomic mass is 127. The summed E-state index contributed by atoms with van der Waals surface area (Å²) in [4.78, 5) is 6.93. The summed E-state index contributed by atoms with van der Waals surface area (Å²) in [5, 5.41) is 6.84. The van der Waals surface area contributed by atoms with Crippen LogP contribution in [0.15, 0.2) is 23.2 Å². The van der Waals surface area contributed by atoms with Crippen LogP contribution in [0.25, 0.3) is 0 Å². The van der Waals surface area contributed by atoms with E-state index in [1.54, 1.807) is 7.05 Å². The molecule has 0 aliphatic carbocycles. The maximum atomic E-state index is 5.76. The standard InChI is InChI=1S/C20H32N4O2.HI/c1-15(2)24-9-4-6-16(14-24)13-22-20(21-3)23-17-7-8-18-19(12-17)26-11-5-10-25-18;/h7-8,12,15-16H,4-6,9-11,13-14H2,1-3H3,(H2,21,22,23);1H. The average Bonchev–Trinajstić information content (AvgIpc) is 2.90. The lowest BCUT2D eigenvalue weighted by molar-refractivity contribution is 0.141. The summed E-state index contributed by atoms with van der Waals surface area (Å²) in [6, 6.07) is 6.56. The number of ether oxygens (including phenoxy) is 2. The van der Waals surface area contributed by atoms with Crippen molar-refractivity contribution in [3.63, 3.8) is 0 Å². The summed E-state index contributed by atoms with van der Waals surface area (Å²) in [6.07, 6.45) is 3.46. The van der Waals surface area contributed by atoms with Crippen LogP contribution in [0.5, 0.6) is 11.5 Å². The monoisotopic (exact) mass is 488 g/mol. The molecule has 1 unspecified atom stereocenters. The summed E-state index contributed by atoms with van der Waals surface area (Å²) in [5.41, 5.74) is 0.954. The number of nitrogens with one attached hydrogen (secondary N) is 2. The lowest BCUT2D eigenvalue weighted by Crippen LogP contribution is -2.44. The number of halogens is 1. The Labute approximate surface area is 180 Å². The molecule has 2 heterocycles. The van der Waals surface area contributed by atoms with Gasteiger partial charge in [-0.25, -0.2) is 0 Å². The van der Waals surface area contributed by atoms with Crippen LogP contribution in [-0.4, -0.2) is 56.8 Å². The second-order valence-corrected chi connectivity index (χ2v) is 7.39. The van der Waals surface area contributed by atoms with Crippen molar-refractivity contribution < 1.29 is 9.47 Å². The zero-order valence-electron chi connectivity index (χ0n) is 16.7. The van der Waals surface area contributed by atoms with Gasteiger partial charge < -0.3 is 25.0 Å². The molecule has 0 amide bonds. The topological polar surface area (TPSA) is 58.1 Å². The van der Waals surface area contributed by atoms with Gasteiger partial charge in [-0.15, -0.1) is 24.0 Å². The highest BCUT2D eigenvalue weighted by Gasteiger charge is 2.21. The van der Waals surface area contributed by atoms with E-state index >= 15 is 0 Å². The molecule has 152 valence electrons. The molecule has 0 saturated carbocycles. The minimum Gasteiger partial charge on any atom is -0.490 e. The Kier molecular flexibility index (Phi) is 8.95. The zero-order chi connectivity index (χ0) is 18.4. The predicted molar refractivity (Wildman–Crippen MR) is 122 cm³/mol. The summed E-state index contributed by atoms with van der Waals surface area (Å²) in [5.74, 6) is 3.06. The number of aliphatic imine (C=N–C) groups is 1. The van der Waals surface area contributed by atoms with Gasteiger partial charge in [-0.1, -0.05) is 0 Å². The Morgan fingerprint density at radius 3 is 2.74 bits per heavy atom. The molecule has 0 spiro atoms. The van der Waals surface area contributed by atoms with Gasteiger partial charge in [0.25, 0.3) is 0 Å². The molecular formula is C20H33IN4O2. The van der Waals surface area contributed by atoms with E-state index in [0.29, 0.717) is 25.2 Å². The normalized spacial score (nSPS) is 20.6. The van der Waals surface area contributed by atoms with Crippen molar-refractivity contribution in [3.8, 4) is 11.5 Å². The first-order valence-electron chi connectivity index (χ1n) is 9.77. The Bertz CT molecular complexity index is 624. The fourth-order valence-corrected chi connectivity index (χ4v) is 3.53. The van der Waals surface area contributed by atoms with Crippen molar-refractivity contribution >= 4 is 35.6 Å². The Morgan fingerprint density at radius 1 is 1.22 bits per heavy atom. The molecule has 0 aromatic heterocycles. The van der Waals surface area contributed by atoms with E-state index in [-0.39, 0.29) is 24.0 Å². The molecule has 1 atom stereocenters. The second-order valence-electron chi connectivity index (χ2n) is 7.39. The van der Waals surface area contributed by atoms with Gasteiger partial charge in [0.1, 0.15) is 0 Å². The van der Waals surface area contributed by atoms with Crippen LogP contribution >= 0.6 is 24.0 Å². The van der Waals surface area contributed by atoms with E-state index in [0.717, 1.165) is 42.7 Å². The van der Waals surface area contributed by atoms with Crippen LogP contribution in [0, 0.1) is 5.92 Å². The van der Waals surface area contributed by atoms with E-state index in [2.05, 4.69) is 34.4 Å². The van der Waals surface area contributed by atoms with Crippen LogP contribution in [0.3, 0.4) is 0 Å². The number of fused-ring (bicyclic) bond motifs is 1. The molecule has 2 N–H and O–H groups in total. The van der Waals surface area contributed by atoms with Crippen LogP contribution in [-0.2, 0) is 0 Å². The van der Waals surface area contributed by atoms with Crippen molar-refractivity contribution in [2.24, 2.45) is 10.9 Å². The van der Waals surface area contributed by atoms with Gasteiger partial charge in [0, 0.05) is 44.4 Å². The molecule has 2 aliphatic rings. The molecule has 1 aromatic carbocycles. The maximum Gasteiger partial charge on any atom is 0.195 e. The van der Waals surface area contributed by atoms with Crippen molar-refractivity contribution in [3.05, 3.63) is 18.2 Å². The molecule has 2 aliphatic heterocycles. The molecule has 6 nitrogen and oxygen atoms in total. The number of guanidine groups is 1. The van der Waals surface area contributed by atoms with Gasteiger partial charge in [-0.3, -0.25) is 4.99 Å². The Hall–Kier alpha value is -1.22. The van der Waals surface area contributed by atoms with Crippen LogP contribution in [0.4, 0.5) is 5.69 Å². The SMILES string of the molecule is CN=C(NCC1CCCN(C(C)C)C1)Nc1ccc2c(c1)OCCCO2.I. The largest absolute Gasteiger partial charge is 0.490 e. The minimum absolute atomic E-state index is 0. The Balaban J connectivity index is 0.00000261. The highest BCUT2D eigenvalue weighted by Crippen LogP contribution is 2.32. The van der Waals surface area contributed by atoms with Gasteiger partial charge in [0.2, 0.25) is 0 Å². The third-order valence-corrected chi connectivity index (χ3v) is 5.07. The van der Waals surface area contributed by atoms with Gasteiger partial charge in [0.15, 0.2) is 17.5 Å². The van der Waals surface area contributed by atoms with E-state index in [9.17, 15) is 0 Å². The number of rotatable bonds is 4. The number of piperidine rings is 1. The number of hydrogen-bond acceptors (Lipinski definition) is 4. The van der Waals surface area contributed by atoms with Gasteiger partial charge >= 0.3 is 0 Å². The molecule has 0 bridgehead atoms. The number of hydrogen-bond donors (Lipinski definition) is 2. The third-order valence-electron chi connectivity index (χ3n) is 5.07. The van der Waals surface area contributed by atoms with Crippen molar-refractivity contribution in [2.75, 3.05) is 45.2 Å². The van der Waals surface area contributed by atoms with E-state index in [1.807, 2.05) is 18.2 Å². The first-order valence-corrected chi connectivity index (χ1v) is 9.77. The molecule has 1 fully saturated rings. The van der Waals surface area contributed by atoms with Crippen LogP contribution < -0.4 is 20.1 Å². The fraction of sp³-hybridized carbons (Fsp3) is 0.650. The maximum absolute atomic E-state index is 5.76. The van der Waals surface area contributed by atoms with E-state index < -0.39 is 0 Å². The van der Waals surface area contributed by atoms with E-state index in [4.69, 9.17) is 9.47 Å². The summed E-state index contributed by atoms with van der Waals surface area (Å²) < 4.78 is 11.5. The number of likely N-dealkylation sites (tertiary alicyclic amines) is 1. The summed E-state index contributed by atoms with van der Waals surface area (Å²) in [7, 11) is 1.81. The molecule has 7 heteroatoms. The van der Waals surface area contributed by atoms with Gasteiger partial charge in [-0.05, 0) is 51.3 Å². The van der Waals surface area contributed by atoms with Crippen molar-refractivity contribution in [1.82, 2.24) is 10.2 Å². The Morgan fingerprint density at radius 2 is 2.00 bits per heavy atom. The highest BCUT2D eigenvalue weighted by molar-refractivity contribution is 14.0. The van der Waals surface area contributed by atoms with Gasteiger partial charge in [-0.2, -0.15) is 0 Å². The number of anilines is 1. The van der Waals surface area contributed by atoms with Crippen molar-refractivity contribution in [1.29, 1.82) is 0 Å². The predicted octanol–water partition coefficient (Wildman–Crippen LogP) is 3.57. The fourth-order valence-electron chi connectivity index (χ4n) is 3.53. The summed E-state index contributed by atoms with van der Waals surface area (Å²) in [6.45, 7) is 9.27. The van der Waals surface area contributed by atoms with E-state index in [1.165, 1.54) is 19.4 Å². The first-order chi connectivity index (χ1) is 12.7. The van der Waals surface area contributed by atoms with Crippen LogP contribution in [0.2, 0.25) is 0 Å². The number of benzene rings is 1. The van der Waals surface area contributed by atoms with Gasteiger partial charge in [0.05, 0.1) is 13.2 Å². The molecule has 3 rings (SSSR count). The third kappa shape index (κ3) is 6.41. The average molecular weight is 488 g/mol. The second kappa shape index (κ2) is 10.9. The molecule has 0 radical (unpaired) electrons. The zero-order valence-corrected chi connectivity index (χ0v) is 19.0. The first kappa shape index (κ1) is 22.1. The molecule has 1 aromatic rings. The summed E-state index contributed by atoms with van der Waals surface area (Å²) >= 11 is 0.